The molecule has 0 radical (unpaired) electrons. The number of rotatable bonds is 5. The first-order valence-corrected chi connectivity index (χ1v) is 7.29. The number of anilines is 2. The van der Waals surface area contributed by atoms with E-state index in [9.17, 15) is 0 Å². The smallest absolute Gasteiger partial charge is 0.0646 e. The zero-order valence-electron chi connectivity index (χ0n) is 12.3. The molecule has 0 amide bonds. The Balaban J connectivity index is 2.21. The summed E-state index contributed by atoms with van der Waals surface area (Å²) in [6.07, 6.45) is 0. The quantitative estimate of drug-likeness (QED) is 0.870. The molecule has 2 aromatic rings. The van der Waals surface area contributed by atoms with Crippen LogP contribution in [0.1, 0.15) is 18.1 Å². The van der Waals surface area contributed by atoms with Gasteiger partial charge in [0.25, 0.3) is 0 Å². The average molecular weight is 289 g/mol. The molecule has 2 nitrogen and oxygen atoms in total. The first-order chi connectivity index (χ1) is 9.61. The lowest BCUT2D eigenvalue weighted by atomic mass is 10.1. The summed E-state index contributed by atoms with van der Waals surface area (Å²) in [5.74, 6) is 0. The molecule has 106 valence electrons. The van der Waals surface area contributed by atoms with Crippen LogP contribution in [0.3, 0.4) is 0 Å². The molecule has 1 N–H and O–H groups in total. The van der Waals surface area contributed by atoms with Crippen LogP contribution in [-0.4, -0.2) is 13.6 Å². The van der Waals surface area contributed by atoms with Crippen molar-refractivity contribution < 1.29 is 0 Å². The highest BCUT2D eigenvalue weighted by atomic mass is 35.5. The molecule has 0 aliphatic rings. The minimum Gasteiger partial charge on any atom is -0.343 e. The van der Waals surface area contributed by atoms with E-state index in [0.717, 1.165) is 29.5 Å². The lowest BCUT2D eigenvalue weighted by molar-refractivity contribution is 0.727. The van der Waals surface area contributed by atoms with E-state index < -0.39 is 0 Å². The molecule has 20 heavy (non-hydrogen) atoms. The second-order valence-corrected chi connectivity index (χ2v) is 5.37. The Morgan fingerprint density at radius 3 is 2.40 bits per heavy atom. The fourth-order valence-electron chi connectivity index (χ4n) is 2.11. The van der Waals surface area contributed by atoms with Gasteiger partial charge in [-0.15, -0.1) is 0 Å². The van der Waals surface area contributed by atoms with Gasteiger partial charge in [-0.05, 0) is 43.3 Å². The highest BCUT2D eigenvalue weighted by Crippen LogP contribution is 2.31. The topological polar surface area (TPSA) is 15.3 Å². The van der Waals surface area contributed by atoms with Crippen LogP contribution >= 0.6 is 11.6 Å². The maximum absolute atomic E-state index is 6.41. The van der Waals surface area contributed by atoms with E-state index in [4.69, 9.17) is 11.6 Å². The van der Waals surface area contributed by atoms with Gasteiger partial charge in [0, 0.05) is 19.3 Å². The first-order valence-electron chi connectivity index (χ1n) is 6.91. The van der Waals surface area contributed by atoms with E-state index in [2.05, 4.69) is 60.5 Å². The molecule has 0 unspecified atom stereocenters. The zero-order chi connectivity index (χ0) is 14.5. The van der Waals surface area contributed by atoms with E-state index >= 15 is 0 Å². The van der Waals surface area contributed by atoms with Crippen LogP contribution in [0.4, 0.5) is 11.4 Å². The third-order valence-corrected chi connectivity index (χ3v) is 3.68. The normalized spacial score (nSPS) is 10.6. The van der Waals surface area contributed by atoms with Crippen molar-refractivity contribution in [3.8, 4) is 0 Å². The number of benzene rings is 2. The molecule has 0 heterocycles. The summed E-state index contributed by atoms with van der Waals surface area (Å²) >= 11 is 6.41. The predicted octanol–water partition coefficient (Wildman–Crippen LogP) is 4.53. The van der Waals surface area contributed by atoms with Crippen LogP contribution in [-0.2, 0) is 6.54 Å². The molecule has 0 bridgehead atoms. The number of hydrogen-bond donors (Lipinski definition) is 1. The van der Waals surface area contributed by atoms with E-state index in [1.807, 2.05) is 13.1 Å². The zero-order valence-corrected chi connectivity index (χ0v) is 13.0. The van der Waals surface area contributed by atoms with Crippen molar-refractivity contribution in [2.24, 2.45) is 0 Å². The summed E-state index contributed by atoms with van der Waals surface area (Å²) in [6.45, 7) is 6.00. The summed E-state index contributed by atoms with van der Waals surface area (Å²) in [4.78, 5) is 2.11. The largest absolute Gasteiger partial charge is 0.343 e. The van der Waals surface area contributed by atoms with Crippen molar-refractivity contribution in [2.75, 3.05) is 18.5 Å². The van der Waals surface area contributed by atoms with Gasteiger partial charge in [-0.25, -0.2) is 0 Å². The molecule has 3 heteroatoms. The number of nitrogens with zero attached hydrogens (tertiary/aromatic N) is 1. The SMILES string of the molecule is CCNCc1ccc(N(C)c2ccc(C)cc2)c(Cl)c1. The fraction of sp³-hybridized carbons (Fsp3) is 0.294. The number of halogens is 1. The van der Waals surface area contributed by atoms with E-state index in [-0.39, 0.29) is 0 Å². The first kappa shape index (κ1) is 14.9. The Hall–Kier alpha value is -1.51. The maximum Gasteiger partial charge on any atom is 0.0646 e. The van der Waals surface area contributed by atoms with E-state index in [1.54, 1.807) is 0 Å². The standard InChI is InChI=1S/C17H21ClN2/c1-4-19-12-14-7-10-17(16(18)11-14)20(3)15-8-5-13(2)6-9-15/h5-11,19H,4,12H2,1-3H3. The van der Waals surface area contributed by atoms with Gasteiger partial charge < -0.3 is 10.2 Å². The van der Waals surface area contributed by atoms with E-state index in [1.165, 1.54) is 11.1 Å². The van der Waals surface area contributed by atoms with Gasteiger partial charge >= 0.3 is 0 Å². The Kier molecular flexibility index (Phi) is 5.05. The van der Waals surface area contributed by atoms with Crippen LogP contribution in [0.25, 0.3) is 0 Å². The molecule has 0 spiro atoms. The third kappa shape index (κ3) is 3.53. The number of hydrogen-bond acceptors (Lipinski definition) is 2. The van der Waals surface area contributed by atoms with Gasteiger partial charge in [-0.2, -0.15) is 0 Å². The van der Waals surface area contributed by atoms with Gasteiger partial charge in [0.1, 0.15) is 0 Å². The summed E-state index contributed by atoms with van der Waals surface area (Å²) in [5.41, 5.74) is 4.62. The Labute approximate surface area is 126 Å². The van der Waals surface area contributed by atoms with Gasteiger partial charge in [-0.3, -0.25) is 0 Å². The Bertz CT molecular complexity index is 564. The molecule has 2 rings (SSSR count). The van der Waals surface area contributed by atoms with Crippen molar-refractivity contribution >= 4 is 23.0 Å². The van der Waals surface area contributed by atoms with Gasteiger partial charge in [0.2, 0.25) is 0 Å². The second kappa shape index (κ2) is 6.78. The van der Waals surface area contributed by atoms with Crippen LogP contribution in [0.2, 0.25) is 5.02 Å². The van der Waals surface area contributed by atoms with Crippen molar-refractivity contribution in [1.82, 2.24) is 5.32 Å². The molecule has 0 saturated heterocycles. The molecular weight excluding hydrogens is 268 g/mol. The van der Waals surface area contributed by atoms with E-state index in [0.29, 0.717) is 0 Å². The molecule has 0 aromatic heterocycles. The van der Waals surface area contributed by atoms with Gasteiger partial charge in [0.05, 0.1) is 10.7 Å². The Morgan fingerprint density at radius 2 is 1.80 bits per heavy atom. The number of nitrogens with one attached hydrogen (secondary N) is 1. The second-order valence-electron chi connectivity index (χ2n) is 4.96. The summed E-state index contributed by atoms with van der Waals surface area (Å²) in [7, 11) is 2.04. The molecule has 0 saturated carbocycles. The summed E-state index contributed by atoms with van der Waals surface area (Å²) in [5, 5.41) is 4.09. The lowest BCUT2D eigenvalue weighted by Crippen LogP contribution is -2.13. The number of aryl methyl sites for hydroxylation is 1. The fourth-order valence-corrected chi connectivity index (χ4v) is 2.44. The van der Waals surface area contributed by atoms with Crippen molar-refractivity contribution in [2.45, 2.75) is 20.4 Å². The van der Waals surface area contributed by atoms with Crippen molar-refractivity contribution in [3.63, 3.8) is 0 Å². The molecular formula is C17H21ClN2. The maximum atomic E-state index is 6.41. The summed E-state index contributed by atoms with van der Waals surface area (Å²) < 4.78 is 0. The molecule has 0 aliphatic heterocycles. The summed E-state index contributed by atoms with van der Waals surface area (Å²) in [6, 6.07) is 14.7. The molecule has 0 fully saturated rings. The highest BCUT2D eigenvalue weighted by molar-refractivity contribution is 6.33. The van der Waals surface area contributed by atoms with Crippen LogP contribution in [0, 0.1) is 6.92 Å². The highest BCUT2D eigenvalue weighted by Gasteiger charge is 2.08. The lowest BCUT2D eigenvalue weighted by Gasteiger charge is -2.21. The van der Waals surface area contributed by atoms with Crippen LogP contribution in [0.15, 0.2) is 42.5 Å². The molecule has 2 aromatic carbocycles. The van der Waals surface area contributed by atoms with Gasteiger partial charge in [-0.1, -0.05) is 42.3 Å². The monoisotopic (exact) mass is 288 g/mol. The molecule has 0 atom stereocenters. The Morgan fingerprint density at radius 1 is 1.10 bits per heavy atom. The predicted molar refractivity (Wildman–Crippen MR) is 88.1 cm³/mol. The third-order valence-electron chi connectivity index (χ3n) is 3.37. The van der Waals surface area contributed by atoms with Crippen molar-refractivity contribution in [3.05, 3.63) is 58.6 Å². The average Bonchev–Trinajstić information content (AvgIpc) is 2.45. The van der Waals surface area contributed by atoms with Crippen LogP contribution in [0.5, 0.6) is 0 Å². The van der Waals surface area contributed by atoms with Gasteiger partial charge in [0.15, 0.2) is 0 Å². The van der Waals surface area contributed by atoms with Crippen LogP contribution < -0.4 is 10.2 Å². The molecule has 0 aliphatic carbocycles. The minimum atomic E-state index is 0.781. The van der Waals surface area contributed by atoms with Crippen molar-refractivity contribution in [1.29, 1.82) is 0 Å². The minimum absolute atomic E-state index is 0.781.